The summed E-state index contributed by atoms with van der Waals surface area (Å²) in [4.78, 5) is 52.1. The molecule has 0 saturated heterocycles. The Morgan fingerprint density at radius 3 is 2.07 bits per heavy atom. The van der Waals surface area contributed by atoms with Gasteiger partial charge in [0.25, 0.3) is 23.6 Å². The van der Waals surface area contributed by atoms with Gasteiger partial charge in [-0.3, -0.25) is 29.0 Å². The molecule has 0 atom stereocenters. The first-order chi connectivity index (χ1) is 14.0. The summed E-state index contributed by atoms with van der Waals surface area (Å²) in [6.07, 6.45) is 2.95. The summed E-state index contributed by atoms with van der Waals surface area (Å²) in [5.74, 6) is -1.22. The van der Waals surface area contributed by atoms with Crippen molar-refractivity contribution >= 4 is 23.6 Å². The predicted octanol–water partition coefficient (Wildman–Crippen LogP) is 3.04. The summed E-state index contributed by atoms with van der Waals surface area (Å²) >= 11 is 0. The average Bonchev–Trinajstić information content (AvgIpc) is 3.10. The molecule has 0 bridgehead atoms. The van der Waals surface area contributed by atoms with Gasteiger partial charge in [0.1, 0.15) is 11.5 Å². The molecule has 29 heavy (non-hydrogen) atoms. The number of carbonyl (C=O) groups excluding carboxylic acids is 4. The number of amides is 4. The summed E-state index contributed by atoms with van der Waals surface area (Å²) in [6, 6.07) is 9.26. The second kappa shape index (κ2) is 6.87. The fourth-order valence-corrected chi connectivity index (χ4v) is 3.44. The first-order valence-corrected chi connectivity index (χ1v) is 8.87. The predicted molar refractivity (Wildman–Crippen MR) is 104 cm³/mol. The zero-order chi connectivity index (χ0) is 20.7. The van der Waals surface area contributed by atoms with Crippen LogP contribution in [0.1, 0.15) is 41.4 Å². The van der Waals surface area contributed by atoms with Crippen molar-refractivity contribution in [2.75, 3.05) is 13.1 Å². The van der Waals surface area contributed by atoms with E-state index in [0.717, 1.165) is 9.80 Å². The van der Waals surface area contributed by atoms with Gasteiger partial charge in [-0.25, -0.2) is 0 Å². The number of imide groups is 2. The first kappa shape index (κ1) is 18.4. The van der Waals surface area contributed by atoms with Crippen molar-refractivity contribution < 1.29 is 23.9 Å². The molecule has 4 amide bonds. The molecule has 0 aromatic heterocycles. The van der Waals surface area contributed by atoms with E-state index in [0.29, 0.717) is 0 Å². The molecule has 0 radical (unpaired) electrons. The Balaban J connectivity index is 1.69. The highest BCUT2D eigenvalue weighted by Crippen LogP contribution is 2.35. The zero-order valence-electron chi connectivity index (χ0n) is 15.4. The van der Waals surface area contributed by atoms with Crippen LogP contribution in [0.4, 0.5) is 0 Å². The lowest BCUT2D eigenvalue weighted by atomic mass is 10.1. The normalized spacial score (nSPS) is 14.9. The van der Waals surface area contributed by atoms with Crippen LogP contribution < -0.4 is 4.74 Å². The fourth-order valence-electron chi connectivity index (χ4n) is 3.44. The van der Waals surface area contributed by atoms with Crippen LogP contribution in [0.3, 0.4) is 0 Å². The maximum atomic E-state index is 12.7. The van der Waals surface area contributed by atoms with E-state index >= 15 is 0 Å². The molecule has 2 aromatic rings. The lowest BCUT2D eigenvalue weighted by Gasteiger charge is -2.11. The van der Waals surface area contributed by atoms with Gasteiger partial charge in [0.05, 0.1) is 22.3 Å². The Morgan fingerprint density at radius 2 is 1.38 bits per heavy atom. The molecule has 0 saturated carbocycles. The topological polar surface area (TPSA) is 84.0 Å². The molecular weight excluding hydrogens is 372 g/mol. The standard InChI is InChI=1S/C22H16N2O5/c1-3-10-23-19(25)14-9-8-13(12-16(14)21(23)27)29-17-7-5-6-15-18(17)22(28)24(11-4-2)20(15)26/h3-9,12H,1-2,10-11H2. The molecule has 2 aromatic carbocycles. The van der Waals surface area contributed by atoms with E-state index in [-0.39, 0.29) is 46.8 Å². The van der Waals surface area contributed by atoms with Crippen LogP contribution in [0.15, 0.2) is 61.7 Å². The highest BCUT2D eigenvalue weighted by Gasteiger charge is 2.38. The molecule has 0 unspecified atom stereocenters. The molecule has 0 spiro atoms. The molecular formula is C22H16N2O5. The lowest BCUT2D eigenvalue weighted by Crippen LogP contribution is -2.29. The van der Waals surface area contributed by atoms with Crippen LogP contribution >= 0.6 is 0 Å². The van der Waals surface area contributed by atoms with Gasteiger partial charge in [-0.05, 0) is 30.3 Å². The van der Waals surface area contributed by atoms with Gasteiger partial charge in [-0.15, -0.1) is 13.2 Å². The van der Waals surface area contributed by atoms with Gasteiger partial charge in [0, 0.05) is 13.1 Å². The first-order valence-electron chi connectivity index (χ1n) is 8.87. The maximum Gasteiger partial charge on any atom is 0.265 e. The fraction of sp³-hybridized carbons (Fsp3) is 0.0909. The molecule has 144 valence electrons. The summed E-state index contributed by atoms with van der Waals surface area (Å²) in [7, 11) is 0. The number of rotatable bonds is 6. The average molecular weight is 388 g/mol. The summed E-state index contributed by atoms with van der Waals surface area (Å²) < 4.78 is 5.84. The Morgan fingerprint density at radius 1 is 0.759 bits per heavy atom. The van der Waals surface area contributed by atoms with Crippen LogP contribution in [-0.2, 0) is 0 Å². The highest BCUT2D eigenvalue weighted by molar-refractivity contribution is 6.23. The van der Waals surface area contributed by atoms with Crippen LogP contribution in [0, 0.1) is 0 Å². The largest absolute Gasteiger partial charge is 0.456 e. The van der Waals surface area contributed by atoms with E-state index in [4.69, 9.17) is 4.74 Å². The molecule has 7 nitrogen and oxygen atoms in total. The van der Waals surface area contributed by atoms with E-state index < -0.39 is 23.6 Å². The van der Waals surface area contributed by atoms with Crippen molar-refractivity contribution in [1.82, 2.24) is 9.80 Å². The van der Waals surface area contributed by atoms with Crippen LogP contribution in [-0.4, -0.2) is 46.5 Å². The van der Waals surface area contributed by atoms with E-state index in [9.17, 15) is 19.2 Å². The van der Waals surface area contributed by atoms with Gasteiger partial charge in [0.15, 0.2) is 0 Å². The molecule has 7 heteroatoms. The highest BCUT2D eigenvalue weighted by atomic mass is 16.5. The SMILES string of the molecule is C=CCN1C(=O)c2ccc(Oc3cccc4c3C(=O)N(CC=C)C4=O)cc2C1=O. The minimum Gasteiger partial charge on any atom is -0.456 e. The quantitative estimate of drug-likeness (QED) is 0.561. The number of fused-ring (bicyclic) bond motifs is 2. The van der Waals surface area contributed by atoms with Gasteiger partial charge in [-0.1, -0.05) is 18.2 Å². The molecule has 2 heterocycles. The Bertz CT molecular complexity index is 1120. The molecule has 0 N–H and O–H groups in total. The molecule has 4 rings (SSSR count). The molecule has 2 aliphatic heterocycles. The maximum absolute atomic E-state index is 12.7. The van der Waals surface area contributed by atoms with Crippen molar-refractivity contribution in [2.24, 2.45) is 0 Å². The smallest absolute Gasteiger partial charge is 0.265 e. The summed E-state index contributed by atoms with van der Waals surface area (Å²) in [5.41, 5.74) is 0.915. The number of hydrogen-bond donors (Lipinski definition) is 0. The number of nitrogens with zero attached hydrogens (tertiary/aromatic N) is 2. The van der Waals surface area contributed by atoms with E-state index in [1.165, 1.54) is 24.3 Å². The summed E-state index contributed by atoms with van der Waals surface area (Å²) in [5, 5.41) is 0. The monoisotopic (exact) mass is 388 g/mol. The van der Waals surface area contributed by atoms with Gasteiger partial charge in [0.2, 0.25) is 0 Å². The Labute approximate surface area is 166 Å². The lowest BCUT2D eigenvalue weighted by molar-refractivity contribution is 0.0656. The summed E-state index contributed by atoms with van der Waals surface area (Å²) in [6.45, 7) is 7.33. The van der Waals surface area contributed by atoms with Gasteiger partial charge < -0.3 is 4.74 Å². The molecule has 0 fully saturated rings. The van der Waals surface area contributed by atoms with Crippen molar-refractivity contribution in [3.63, 3.8) is 0 Å². The van der Waals surface area contributed by atoms with E-state index in [2.05, 4.69) is 13.2 Å². The van der Waals surface area contributed by atoms with Crippen molar-refractivity contribution in [3.8, 4) is 11.5 Å². The number of ether oxygens (including phenoxy) is 1. The van der Waals surface area contributed by atoms with Crippen molar-refractivity contribution in [1.29, 1.82) is 0 Å². The van der Waals surface area contributed by atoms with Gasteiger partial charge in [-0.2, -0.15) is 0 Å². The Hall–Kier alpha value is -4.00. The minimum atomic E-state index is -0.468. The number of hydrogen-bond acceptors (Lipinski definition) is 5. The van der Waals surface area contributed by atoms with Gasteiger partial charge >= 0.3 is 0 Å². The zero-order valence-corrected chi connectivity index (χ0v) is 15.4. The third-order valence-electron chi connectivity index (χ3n) is 4.75. The second-order valence-electron chi connectivity index (χ2n) is 6.51. The second-order valence-corrected chi connectivity index (χ2v) is 6.51. The number of benzene rings is 2. The van der Waals surface area contributed by atoms with Crippen molar-refractivity contribution in [2.45, 2.75) is 0 Å². The molecule has 2 aliphatic rings. The van der Waals surface area contributed by atoms with Crippen molar-refractivity contribution in [3.05, 3.63) is 84.0 Å². The third kappa shape index (κ3) is 2.75. The van der Waals surface area contributed by atoms with Crippen LogP contribution in [0.5, 0.6) is 11.5 Å². The van der Waals surface area contributed by atoms with Crippen LogP contribution in [0.2, 0.25) is 0 Å². The third-order valence-corrected chi connectivity index (χ3v) is 4.75. The Kier molecular flexibility index (Phi) is 4.35. The van der Waals surface area contributed by atoms with Crippen LogP contribution in [0.25, 0.3) is 0 Å². The molecule has 0 aliphatic carbocycles. The van der Waals surface area contributed by atoms with E-state index in [1.54, 1.807) is 24.3 Å². The number of carbonyl (C=O) groups is 4. The van der Waals surface area contributed by atoms with E-state index in [1.807, 2.05) is 0 Å². The minimum absolute atomic E-state index is 0.0976.